The Hall–Kier alpha value is -0.890. The molecule has 0 saturated carbocycles. The van der Waals surface area contributed by atoms with Gasteiger partial charge in [-0.1, -0.05) is 13.0 Å². The number of aryl methyl sites for hydroxylation is 1. The molecule has 1 heterocycles. The van der Waals surface area contributed by atoms with Crippen LogP contribution in [-0.2, 0) is 6.42 Å². The smallest absolute Gasteiger partial charge is 0.0466 e. The summed E-state index contributed by atoms with van der Waals surface area (Å²) in [7, 11) is 0. The van der Waals surface area contributed by atoms with E-state index in [0.29, 0.717) is 12.0 Å². The predicted octanol–water partition coefficient (Wildman–Crippen LogP) is 3.02. The molecular formula is C14H22N2. The Morgan fingerprint density at radius 1 is 1.56 bits per heavy atom. The first kappa shape index (κ1) is 11.6. The second-order valence-electron chi connectivity index (χ2n) is 4.88. The van der Waals surface area contributed by atoms with E-state index >= 15 is 0 Å². The van der Waals surface area contributed by atoms with Gasteiger partial charge in [-0.2, -0.15) is 0 Å². The molecule has 0 saturated heterocycles. The molecule has 16 heavy (non-hydrogen) atoms. The third-order valence-electron chi connectivity index (χ3n) is 3.72. The lowest BCUT2D eigenvalue weighted by molar-refractivity contribution is 0.458. The van der Waals surface area contributed by atoms with E-state index in [9.17, 15) is 0 Å². The van der Waals surface area contributed by atoms with E-state index in [2.05, 4.69) is 24.0 Å². The van der Waals surface area contributed by atoms with Crippen LogP contribution in [0.2, 0.25) is 0 Å². The van der Waals surface area contributed by atoms with Crippen molar-refractivity contribution in [2.24, 2.45) is 5.73 Å². The summed E-state index contributed by atoms with van der Waals surface area (Å²) < 4.78 is 0. The van der Waals surface area contributed by atoms with Crippen LogP contribution in [0.25, 0.3) is 0 Å². The van der Waals surface area contributed by atoms with Gasteiger partial charge in [0.15, 0.2) is 0 Å². The van der Waals surface area contributed by atoms with Crippen LogP contribution in [0, 0.1) is 0 Å². The van der Waals surface area contributed by atoms with Crippen molar-refractivity contribution in [1.82, 2.24) is 4.98 Å². The average Bonchev–Trinajstić information content (AvgIpc) is 2.35. The minimum Gasteiger partial charge on any atom is -0.328 e. The van der Waals surface area contributed by atoms with Crippen molar-refractivity contribution in [2.45, 2.75) is 57.4 Å². The highest BCUT2D eigenvalue weighted by atomic mass is 14.7. The van der Waals surface area contributed by atoms with Crippen molar-refractivity contribution in [2.75, 3.05) is 0 Å². The van der Waals surface area contributed by atoms with E-state index < -0.39 is 0 Å². The fourth-order valence-electron chi connectivity index (χ4n) is 2.61. The second kappa shape index (κ2) is 5.44. The molecule has 0 spiro atoms. The van der Waals surface area contributed by atoms with Crippen LogP contribution in [0.3, 0.4) is 0 Å². The predicted molar refractivity (Wildman–Crippen MR) is 67.4 cm³/mol. The molecule has 0 aliphatic heterocycles. The summed E-state index contributed by atoms with van der Waals surface area (Å²) in [4.78, 5) is 4.56. The maximum Gasteiger partial charge on any atom is 0.0466 e. The Labute approximate surface area is 98.3 Å². The molecule has 0 fully saturated rings. The number of hydrogen-bond donors (Lipinski definition) is 1. The molecule has 2 rings (SSSR count). The number of pyridine rings is 1. The summed E-state index contributed by atoms with van der Waals surface area (Å²) in [6, 6.07) is 4.65. The normalized spacial score (nSPS) is 21.5. The lowest BCUT2D eigenvalue weighted by Crippen LogP contribution is -2.20. The number of aromatic nitrogens is 1. The van der Waals surface area contributed by atoms with E-state index in [1.165, 1.54) is 36.9 Å². The van der Waals surface area contributed by atoms with Gasteiger partial charge in [0, 0.05) is 23.9 Å². The maximum absolute atomic E-state index is 5.99. The largest absolute Gasteiger partial charge is 0.328 e. The molecule has 2 N–H and O–H groups in total. The van der Waals surface area contributed by atoms with Gasteiger partial charge in [-0.25, -0.2) is 0 Å². The standard InChI is InChI=1S/C14H22N2/c1-2-13(15)9-8-12-6-3-5-11-7-4-10-16-14(11)12/h4,7,10,12-13H,2-3,5-6,8-9,15H2,1H3. The molecule has 0 amide bonds. The maximum atomic E-state index is 5.99. The summed E-state index contributed by atoms with van der Waals surface area (Å²) in [6.07, 6.45) is 9.17. The molecule has 2 unspecified atom stereocenters. The van der Waals surface area contributed by atoms with Crippen LogP contribution in [0.15, 0.2) is 18.3 Å². The minimum absolute atomic E-state index is 0.370. The molecule has 88 valence electrons. The molecule has 1 aromatic heterocycles. The fraction of sp³-hybridized carbons (Fsp3) is 0.643. The summed E-state index contributed by atoms with van der Waals surface area (Å²) in [5, 5.41) is 0. The third kappa shape index (κ3) is 2.62. The number of nitrogens with zero attached hydrogens (tertiary/aromatic N) is 1. The highest BCUT2D eigenvalue weighted by Gasteiger charge is 2.21. The summed E-state index contributed by atoms with van der Waals surface area (Å²) in [5.41, 5.74) is 8.80. The minimum atomic E-state index is 0.370. The number of rotatable bonds is 4. The summed E-state index contributed by atoms with van der Waals surface area (Å²) in [5.74, 6) is 0.655. The van der Waals surface area contributed by atoms with Gasteiger partial charge in [0.1, 0.15) is 0 Å². The number of hydrogen-bond acceptors (Lipinski definition) is 2. The van der Waals surface area contributed by atoms with Crippen LogP contribution in [0.1, 0.15) is 56.2 Å². The lowest BCUT2D eigenvalue weighted by atomic mass is 9.83. The SMILES string of the molecule is CCC(N)CCC1CCCc2cccnc21. The molecule has 1 aliphatic rings. The Kier molecular flexibility index (Phi) is 3.94. The van der Waals surface area contributed by atoms with Crippen LogP contribution >= 0.6 is 0 Å². The quantitative estimate of drug-likeness (QED) is 0.843. The van der Waals surface area contributed by atoms with E-state index in [4.69, 9.17) is 5.73 Å². The van der Waals surface area contributed by atoms with E-state index in [-0.39, 0.29) is 0 Å². The van der Waals surface area contributed by atoms with Crippen molar-refractivity contribution in [3.63, 3.8) is 0 Å². The van der Waals surface area contributed by atoms with Gasteiger partial charge >= 0.3 is 0 Å². The first-order valence-electron chi connectivity index (χ1n) is 6.50. The summed E-state index contributed by atoms with van der Waals surface area (Å²) in [6.45, 7) is 2.16. The van der Waals surface area contributed by atoms with Crippen molar-refractivity contribution >= 4 is 0 Å². The fourth-order valence-corrected chi connectivity index (χ4v) is 2.61. The van der Waals surface area contributed by atoms with Crippen molar-refractivity contribution in [3.8, 4) is 0 Å². The first-order chi connectivity index (χ1) is 7.81. The van der Waals surface area contributed by atoms with Gasteiger partial charge in [0.25, 0.3) is 0 Å². The number of nitrogens with two attached hydrogens (primary N) is 1. The Bertz CT molecular complexity index is 335. The highest BCUT2D eigenvalue weighted by molar-refractivity contribution is 5.25. The Balaban J connectivity index is 2.01. The second-order valence-corrected chi connectivity index (χ2v) is 4.88. The molecule has 1 aliphatic carbocycles. The molecule has 2 heteroatoms. The molecule has 0 radical (unpaired) electrons. The average molecular weight is 218 g/mol. The molecule has 2 atom stereocenters. The Morgan fingerprint density at radius 2 is 2.44 bits per heavy atom. The van der Waals surface area contributed by atoms with Crippen molar-refractivity contribution in [1.29, 1.82) is 0 Å². The van der Waals surface area contributed by atoms with Gasteiger partial charge in [-0.15, -0.1) is 0 Å². The lowest BCUT2D eigenvalue weighted by Gasteiger charge is -2.25. The van der Waals surface area contributed by atoms with Crippen LogP contribution in [0.4, 0.5) is 0 Å². The van der Waals surface area contributed by atoms with Crippen LogP contribution in [0.5, 0.6) is 0 Å². The first-order valence-corrected chi connectivity index (χ1v) is 6.50. The van der Waals surface area contributed by atoms with Gasteiger partial charge in [-0.3, -0.25) is 4.98 Å². The molecular weight excluding hydrogens is 196 g/mol. The van der Waals surface area contributed by atoms with Crippen LogP contribution in [-0.4, -0.2) is 11.0 Å². The van der Waals surface area contributed by atoms with Gasteiger partial charge in [0.05, 0.1) is 0 Å². The zero-order chi connectivity index (χ0) is 11.4. The zero-order valence-corrected chi connectivity index (χ0v) is 10.2. The molecule has 0 bridgehead atoms. The van der Waals surface area contributed by atoms with Crippen LogP contribution < -0.4 is 5.73 Å². The van der Waals surface area contributed by atoms with Gasteiger partial charge < -0.3 is 5.73 Å². The van der Waals surface area contributed by atoms with E-state index in [0.717, 1.165) is 12.8 Å². The van der Waals surface area contributed by atoms with Crippen molar-refractivity contribution < 1.29 is 0 Å². The van der Waals surface area contributed by atoms with Gasteiger partial charge in [-0.05, 0) is 50.2 Å². The number of fused-ring (bicyclic) bond motifs is 1. The topological polar surface area (TPSA) is 38.9 Å². The Morgan fingerprint density at radius 3 is 3.25 bits per heavy atom. The third-order valence-corrected chi connectivity index (χ3v) is 3.72. The monoisotopic (exact) mass is 218 g/mol. The summed E-state index contributed by atoms with van der Waals surface area (Å²) >= 11 is 0. The molecule has 2 nitrogen and oxygen atoms in total. The van der Waals surface area contributed by atoms with E-state index in [1.54, 1.807) is 0 Å². The van der Waals surface area contributed by atoms with Gasteiger partial charge in [0.2, 0.25) is 0 Å². The van der Waals surface area contributed by atoms with Crippen molar-refractivity contribution in [3.05, 3.63) is 29.6 Å². The molecule has 1 aromatic rings. The molecule has 0 aromatic carbocycles. The zero-order valence-electron chi connectivity index (χ0n) is 10.2. The van der Waals surface area contributed by atoms with E-state index in [1.807, 2.05) is 6.20 Å². The highest BCUT2D eigenvalue weighted by Crippen LogP contribution is 2.33.